The Labute approximate surface area is 567 Å². The third-order valence-corrected chi connectivity index (χ3v) is 20.7. The minimum Gasteiger partial charge on any atom is -0.394 e. The van der Waals surface area contributed by atoms with E-state index in [9.17, 15) is 30.3 Å². The fraction of sp³-hybridized carbons (Fsp3) is 0.988. The summed E-state index contributed by atoms with van der Waals surface area (Å²) in [5.74, 6) is -0.131. The lowest BCUT2D eigenvalue weighted by atomic mass is 9.99. The molecule has 1 aliphatic rings. The molecule has 0 spiro atoms. The van der Waals surface area contributed by atoms with E-state index in [-0.39, 0.29) is 12.5 Å². The van der Waals surface area contributed by atoms with Crippen molar-refractivity contribution in [2.45, 2.75) is 506 Å². The molecule has 1 aliphatic heterocycles. The number of ether oxygens (including phenoxy) is 2. The van der Waals surface area contributed by atoms with Gasteiger partial charge in [0.2, 0.25) is 5.91 Å². The molecule has 6 N–H and O–H groups in total. The van der Waals surface area contributed by atoms with E-state index in [0.29, 0.717) is 12.8 Å². The maximum Gasteiger partial charge on any atom is 0.220 e. The van der Waals surface area contributed by atoms with E-state index < -0.39 is 49.5 Å². The molecule has 1 amide bonds. The second-order valence-electron chi connectivity index (χ2n) is 29.6. The summed E-state index contributed by atoms with van der Waals surface area (Å²) in [5.41, 5.74) is 0. The highest BCUT2D eigenvalue weighted by molar-refractivity contribution is 5.76. The number of hydrogen-bond acceptors (Lipinski definition) is 8. The topological polar surface area (TPSA) is 149 Å². The van der Waals surface area contributed by atoms with Crippen LogP contribution in [-0.4, -0.2) is 87.5 Å². The van der Waals surface area contributed by atoms with E-state index in [0.717, 1.165) is 38.5 Å². The van der Waals surface area contributed by atoms with Crippen LogP contribution < -0.4 is 5.32 Å². The molecule has 91 heavy (non-hydrogen) atoms. The molecule has 0 aromatic carbocycles. The molecule has 544 valence electrons. The lowest BCUT2D eigenvalue weighted by Crippen LogP contribution is -2.60. The Kier molecular flexibility index (Phi) is 69.7. The van der Waals surface area contributed by atoms with Crippen molar-refractivity contribution in [2.75, 3.05) is 13.2 Å². The third kappa shape index (κ3) is 60.1. The van der Waals surface area contributed by atoms with Crippen LogP contribution in [0.4, 0.5) is 0 Å². The summed E-state index contributed by atoms with van der Waals surface area (Å²) in [6.45, 7) is 3.93. The zero-order valence-electron chi connectivity index (χ0n) is 61.4. The van der Waals surface area contributed by atoms with Gasteiger partial charge < -0.3 is 40.3 Å². The SMILES string of the molecule is CCCCCCCCCCCCCCCCCCCCCCCCCCCCCCCCCCCCCC(=O)NC(COC1OC(CO)C(O)C(O)C1O)C(O)CCCCCCCCCCCCCCCCCCCCCCCCCCCCCCCCCCC. The highest BCUT2D eigenvalue weighted by Crippen LogP contribution is 2.25. The number of nitrogens with one attached hydrogen (secondary N) is 1. The summed E-state index contributed by atoms with van der Waals surface area (Å²) in [4.78, 5) is 13.2. The summed E-state index contributed by atoms with van der Waals surface area (Å²) < 4.78 is 11.4. The molecule has 1 rings (SSSR count). The van der Waals surface area contributed by atoms with Crippen molar-refractivity contribution in [1.29, 1.82) is 0 Å². The summed E-state index contributed by atoms with van der Waals surface area (Å²) in [6.07, 6.45) is 86.7. The Morgan fingerprint density at radius 1 is 0.330 bits per heavy atom. The highest BCUT2D eigenvalue weighted by Gasteiger charge is 2.44. The van der Waals surface area contributed by atoms with Gasteiger partial charge in [-0.25, -0.2) is 0 Å². The van der Waals surface area contributed by atoms with Crippen LogP contribution in [0.25, 0.3) is 0 Å². The van der Waals surface area contributed by atoms with Crippen LogP contribution in [0.2, 0.25) is 0 Å². The molecular formula is C82H163NO8. The van der Waals surface area contributed by atoms with Crippen LogP contribution in [0, 0.1) is 0 Å². The standard InChI is InChI=1S/C82H163NO8/c1-3-5-7-9-11-13-15-17-19-21-23-25-27-29-31-33-35-37-38-40-42-44-46-48-50-52-54-56-58-60-62-64-66-68-70-72-78(86)83-75(74-90-82-81(89)80(88)79(87)77(73-84)91-82)76(85)71-69-67-65-63-61-59-57-55-53-51-49-47-45-43-41-39-36-34-32-30-28-26-24-22-20-18-16-14-12-10-8-6-4-2/h75-77,79-82,84-85,87-89H,3-74H2,1-2H3,(H,83,86). The summed E-state index contributed by atoms with van der Waals surface area (Å²) in [7, 11) is 0. The maximum atomic E-state index is 13.2. The second kappa shape index (κ2) is 71.9. The number of unbranched alkanes of at least 4 members (excludes halogenated alkanes) is 66. The van der Waals surface area contributed by atoms with Crippen LogP contribution >= 0.6 is 0 Å². The van der Waals surface area contributed by atoms with E-state index in [1.807, 2.05) is 0 Å². The Balaban J connectivity index is 2.02. The maximum absolute atomic E-state index is 13.2. The smallest absolute Gasteiger partial charge is 0.220 e. The molecule has 0 bridgehead atoms. The van der Waals surface area contributed by atoms with Gasteiger partial charge in [-0.1, -0.05) is 444 Å². The van der Waals surface area contributed by atoms with E-state index in [1.165, 1.54) is 398 Å². The summed E-state index contributed by atoms with van der Waals surface area (Å²) >= 11 is 0. The molecule has 0 aromatic heterocycles. The van der Waals surface area contributed by atoms with Crippen LogP contribution in [0.15, 0.2) is 0 Å². The number of hydrogen-bond donors (Lipinski definition) is 6. The molecule has 9 heteroatoms. The highest BCUT2D eigenvalue weighted by atomic mass is 16.7. The first-order valence-corrected chi connectivity index (χ1v) is 41.7. The molecule has 0 radical (unpaired) electrons. The first-order chi connectivity index (χ1) is 44.8. The number of rotatable bonds is 76. The van der Waals surface area contributed by atoms with Crippen molar-refractivity contribution < 1.29 is 39.8 Å². The molecule has 7 unspecified atom stereocenters. The second-order valence-corrected chi connectivity index (χ2v) is 29.6. The number of carbonyl (C=O) groups excluding carboxylic acids is 1. The van der Waals surface area contributed by atoms with Gasteiger partial charge in [0, 0.05) is 6.42 Å². The van der Waals surface area contributed by atoms with Crippen molar-refractivity contribution in [2.24, 2.45) is 0 Å². The van der Waals surface area contributed by atoms with Crippen LogP contribution in [0.5, 0.6) is 0 Å². The van der Waals surface area contributed by atoms with Gasteiger partial charge in [0.25, 0.3) is 0 Å². The molecule has 1 saturated heterocycles. The largest absolute Gasteiger partial charge is 0.394 e. The van der Waals surface area contributed by atoms with Gasteiger partial charge >= 0.3 is 0 Å². The Morgan fingerprint density at radius 2 is 0.549 bits per heavy atom. The number of aliphatic hydroxyl groups excluding tert-OH is 5. The van der Waals surface area contributed by atoms with Gasteiger partial charge in [-0.15, -0.1) is 0 Å². The molecule has 1 heterocycles. The lowest BCUT2D eigenvalue weighted by Gasteiger charge is -2.40. The van der Waals surface area contributed by atoms with E-state index >= 15 is 0 Å². The molecule has 0 aromatic rings. The van der Waals surface area contributed by atoms with Crippen molar-refractivity contribution in [3.63, 3.8) is 0 Å². The Bertz CT molecular complexity index is 1400. The molecule has 1 fully saturated rings. The quantitative estimate of drug-likeness (QED) is 0.0330. The first kappa shape index (κ1) is 88.2. The number of carbonyl (C=O) groups is 1. The molecule has 0 saturated carbocycles. The normalized spacial score (nSPS) is 17.5. The van der Waals surface area contributed by atoms with Gasteiger partial charge in [0.1, 0.15) is 24.4 Å². The van der Waals surface area contributed by atoms with Gasteiger partial charge in [0.15, 0.2) is 6.29 Å². The van der Waals surface area contributed by atoms with Gasteiger partial charge in [0.05, 0.1) is 25.4 Å². The molecule has 0 aliphatic carbocycles. The average Bonchev–Trinajstić information content (AvgIpc) is 1.58. The fourth-order valence-electron chi connectivity index (χ4n) is 14.2. The van der Waals surface area contributed by atoms with Crippen LogP contribution in [0.3, 0.4) is 0 Å². The van der Waals surface area contributed by atoms with Gasteiger partial charge in [-0.2, -0.15) is 0 Å². The monoisotopic (exact) mass is 1290 g/mol. The first-order valence-electron chi connectivity index (χ1n) is 41.7. The van der Waals surface area contributed by atoms with Crippen LogP contribution in [0.1, 0.15) is 463 Å². The Hall–Kier alpha value is -0.810. The summed E-state index contributed by atoms with van der Waals surface area (Å²) in [5, 5.41) is 55.1. The lowest BCUT2D eigenvalue weighted by molar-refractivity contribution is -0.302. The molecular weight excluding hydrogens is 1130 g/mol. The fourth-order valence-corrected chi connectivity index (χ4v) is 14.2. The predicted molar refractivity (Wildman–Crippen MR) is 392 cm³/mol. The van der Waals surface area contributed by atoms with Crippen molar-refractivity contribution in [3.05, 3.63) is 0 Å². The predicted octanol–water partition coefficient (Wildman–Crippen LogP) is 24.0. The van der Waals surface area contributed by atoms with Gasteiger partial charge in [-0.05, 0) is 12.8 Å². The Morgan fingerprint density at radius 3 is 0.780 bits per heavy atom. The number of amides is 1. The minimum atomic E-state index is -1.55. The third-order valence-electron chi connectivity index (χ3n) is 20.7. The van der Waals surface area contributed by atoms with E-state index in [1.54, 1.807) is 0 Å². The zero-order valence-corrected chi connectivity index (χ0v) is 61.4. The molecule has 7 atom stereocenters. The minimum absolute atomic E-state index is 0.130. The summed E-state index contributed by atoms with van der Waals surface area (Å²) in [6, 6.07) is -0.716. The van der Waals surface area contributed by atoms with Crippen molar-refractivity contribution in [3.8, 4) is 0 Å². The van der Waals surface area contributed by atoms with E-state index in [2.05, 4.69) is 19.2 Å². The van der Waals surface area contributed by atoms with Crippen molar-refractivity contribution in [1.82, 2.24) is 5.32 Å². The number of aliphatic hydroxyl groups is 5. The van der Waals surface area contributed by atoms with Crippen molar-refractivity contribution >= 4 is 5.91 Å². The van der Waals surface area contributed by atoms with Gasteiger partial charge in [-0.3, -0.25) is 4.79 Å². The zero-order chi connectivity index (χ0) is 65.7. The average molecular weight is 1290 g/mol. The van der Waals surface area contributed by atoms with Crippen LogP contribution in [-0.2, 0) is 14.3 Å². The van der Waals surface area contributed by atoms with E-state index in [4.69, 9.17) is 9.47 Å². The molecule has 9 nitrogen and oxygen atoms in total.